The van der Waals surface area contributed by atoms with Gasteiger partial charge < -0.3 is 19.1 Å². The molecule has 0 bridgehead atoms. The first-order valence-corrected chi connectivity index (χ1v) is 24.1. The summed E-state index contributed by atoms with van der Waals surface area (Å²) in [4.78, 5) is 39.1. The molecule has 1 aliphatic rings. The van der Waals surface area contributed by atoms with E-state index in [4.69, 9.17) is 14.2 Å². The number of ether oxygens (including phenoxy) is 3. The maximum absolute atomic E-state index is 12.5. The van der Waals surface area contributed by atoms with Crippen molar-refractivity contribution < 1.29 is 28.6 Å². The number of unbranched alkanes of at least 4 members (excludes halogenated alkanes) is 23. The van der Waals surface area contributed by atoms with Gasteiger partial charge >= 0.3 is 17.9 Å². The number of nitrogens with zero attached hydrogens (tertiary/aromatic N) is 1. The summed E-state index contributed by atoms with van der Waals surface area (Å²) in [5, 5.41) is 0. The SMILES string of the molecule is CCCCCCCCCCCC(=O)OCCCCCCC(CCCCCCOC(=O)CCCCCCCCCCC)CCCCOC(=O)C1CCN(C)CC1. The van der Waals surface area contributed by atoms with E-state index >= 15 is 0 Å². The Balaban J connectivity index is 2.18. The largest absolute Gasteiger partial charge is 0.466 e. The van der Waals surface area contributed by atoms with Crippen molar-refractivity contribution in [2.75, 3.05) is 40.0 Å². The van der Waals surface area contributed by atoms with Gasteiger partial charge in [0, 0.05) is 12.8 Å². The van der Waals surface area contributed by atoms with Crippen molar-refractivity contribution in [1.29, 1.82) is 0 Å². The molecule has 1 heterocycles. The molecule has 1 aliphatic heterocycles. The Morgan fingerprint density at radius 2 is 0.782 bits per heavy atom. The second-order valence-corrected chi connectivity index (χ2v) is 17.1. The molecule has 0 N–H and O–H groups in total. The van der Waals surface area contributed by atoms with Crippen LogP contribution in [-0.4, -0.2) is 62.8 Å². The Kier molecular flexibility index (Phi) is 36.6. The van der Waals surface area contributed by atoms with E-state index in [1.807, 2.05) is 0 Å². The fourth-order valence-electron chi connectivity index (χ4n) is 7.96. The van der Waals surface area contributed by atoms with Crippen LogP contribution in [0.25, 0.3) is 0 Å². The quantitative estimate of drug-likeness (QED) is 0.0348. The molecular formula is C48H91NO6. The fraction of sp³-hybridized carbons (Fsp3) is 0.938. The molecule has 1 rings (SSSR count). The van der Waals surface area contributed by atoms with Crippen LogP contribution in [0.1, 0.15) is 239 Å². The highest BCUT2D eigenvalue weighted by molar-refractivity contribution is 5.72. The molecule has 1 fully saturated rings. The smallest absolute Gasteiger partial charge is 0.309 e. The van der Waals surface area contributed by atoms with E-state index in [1.165, 1.54) is 135 Å². The minimum atomic E-state index is -0.0210. The normalized spacial score (nSPS) is 13.7. The minimum absolute atomic E-state index is 0.00741. The van der Waals surface area contributed by atoms with Gasteiger partial charge in [0.1, 0.15) is 0 Å². The zero-order valence-corrected chi connectivity index (χ0v) is 36.8. The van der Waals surface area contributed by atoms with Crippen LogP contribution in [0.3, 0.4) is 0 Å². The summed E-state index contributed by atoms with van der Waals surface area (Å²) < 4.78 is 16.7. The molecule has 324 valence electrons. The van der Waals surface area contributed by atoms with Gasteiger partial charge in [0.15, 0.2) is 0 Å². The first-order chi connectivity index (χ1) is 27.0. The second kappa shape index (κ2) is 39.2. The van der Waals surface area contributed by atoms with Crippen LogP contribution in [0.2, 0.25) is 0 Å². The lowest BCUT2D eigenvalue weighted by atomic mass is 9.90. The molecular weight excluding hydrogens is 687 g/mol. The molecule has 7 heteroatoms. The molecule has 0 atom stereocenters. The van der Waals surface area contributed by atoms with Crippen molar-refractivity contribution in [2.24, 2.45) is 11.8 Å². The van der Waals surface area contributed by atoms with E-state index < -0.39 is 0 Å². The van der Waals surface area contributed by atoms with Crippen molar-refractivity contribution in [3.05, 3.63) is 0 Å². The molecule has 0 aromatic rings. The van der Waals surface area contributed by atoms with Gasteiger partial charge in [0.05, 0.1) is 25.7 Å². The lowest BCUT2D eigenvalue weighted by molar-refractivity contribution is -0.150. The monoisotopic (exact) mass is 778 g/mol. The average molecular weight is 778 g/mol. The number of likely N-dealkylation sites (tertiary alicyclic amines) is 1. The van der Waals surface area contributed by atoms with Crippen molar-refractivity contribution in [3.63, 3.8) is 0 Å². The third-order valence-electron chi connectivity index (χ3n) is 11.8. The Morgan fingerprint density at radius 1 is 0.455 bits per heavy atom. The Labute approximate surface area is 340 Å². The third-order valence-corrected chi connectivity index (χ3v) is 11.8. The van der Waals surface area contributed by atoms with E-state index in [2.05, 4.69) is 25.8 Å². The van der Waals surface area contributed by atoms with Gasteiger partial charge in [-0.15, -0.1) is 0 Å². The molecule has 0 radical (unpaired) electrons. The Morgan fingerprint density at radius 3 is 1.22 bits per heavy atom. The number of rotatable bonds is 40. The maximum Gasteiger partial charge on any atom is 0.309 e. The topological polar surface area (TPSA) is 82.1 Å². The zero-order valence-electron chi connectivity index (χ0n) is 36.8. The number of piperidine rings is 1. The zero-order chi connectivity index (χ0) is 39.9. The van der Waals surface area contributed by atoms with E-state index in [0.717, 1.165) is 90.1 Å². The summed E-state index contributed by atoms with van der Waals surface area (Å²) in [5.41, 5.74) is 0. The van der Waals surface area contributed by atoms with Crippen LogP contribution in [-0.2, 0) is 28.6 Å². The van der Waals surface area contributed by atoms with Crippen molar-refractivity contribution >= 4 is 17.9 Å². The molecule has 7 nitrogen and oxygen atoms in total. The summed E-state index contributed by atoms with van der Waals surface area (Å²) in [6, 6.07) is 0. The summed E-state index contributed by atoms with van der Waals surface area (Å²) in [6.07, 6.45) is 40.4. The molecule has 0 unspecified atom stereocenters. The molecule has 0 aromatic heterocycles. The van der Waals surface area contributed by atoms with Gasteiger partial charge in [-0.05, 0) is 77.4 Å². The van der Waals surface area contributed by atoms with Crippen molar-refractivity contribution in [2.45, 2.75) is 239 Å². The molecule has 0 aliphatic carbocycles. The van der Waals surface area contributed by atoms with Crippen LogP contribution < -0.4 is 0 Å². The average Bonchev–Trinajstić information content (AvgIpc) is 3.18. The van der Waals surface area contributed by atoms with Gasteiger partial charge in [0.2, 0.25) is 0 Å². The van der Waals surface area contributed by atoms with E-state index in [1.54, 1.807) is 0 Å². The number of hydrogen-bond donors (Lipinski definition) is 0. The summed E-state index contributed by atoms with van der Waals surface area (Å²) in [6.45, 7) is 8.15. The third kappa shape index (κ3) is 34.2. The molecule has 0 spiro atoms. The standard InChI is InChI=1S/C48H91NO6/c1-4-6-8-10-12-14-16-18-26-35-46(50)53-41-29-22-20-24-32-44(34-28-31-43-55-48(52)45-37-39-49(3)40-38-45)33-25-21-23-30-42-54-47(51)36-27-19-17-15-13-11-9-7-5-2/h44-45H,4-43H2,1-3H3. The summed E-state index contributed by atoms with van der Waals surface area (Å²) in [7, 11) is 2.12. The highest BCUT2D eigenvalue weighted by Gasteiger charge is 2.24. The summed E-state index contributed by atoms with van der Waals surface area (Å²) >= 11 is 0. The lowest BCUT2D eigenvalue weighted by Crippen LogP contribution is -2.34. The van der Waals surface area contributed by atoms with Crippen LogP contribution in [0.5, 0.6) is 0 Å². The molecule has 0 saturated carbocycles. The first-order valence-electron chi connectivity index (χ1n) is 24.1. The lowest BCUT2D eigenvalue weighted by Gasteiger charge is -2.27. The highest BCUT2D eigenvalue weighted by atomic mass is 16.5. The van der Waals surface area contributed by atoms with Gasteiger partial charge in [-0.25, -0.2) is 0 Å². The Bertz CT molecular complexity index is 824. The molecule has 55 heavy (non-hydrogen) atoms. The van der Waals surface area contributed by atoms with Gasteiger partial charge in [-0.1, -0.05) is 174 Å². The number of carbonyl (C=O) groups is 3. The van der Waals surface area contributed by atoms with Crippen LogP contribution in [0, 0.1) is 11.8 Å². The predicted molar refractivity (Wildman–Crippen MR) is 230 cm³/mol. The second-order valence-electron chi connectivity index (χ2n) is 17.1. The van der Waals surface area contributed by atoms with Crippen LogP contribution in [0.4, 0.5) is 0 Å². The van der Waals surface area contributed by atoms with Gasteiger partial charge in [-0.3, -0.25) is 14.4 Å². The number of carbonyl (C=O) groups excluding carboxylic acids is 3. The van der Waals surface area contributed by atoms with Crippen LogP contribution >= 0.6 is 0 Å². The van der Waals surface area contributed by atoms with Crippen LogP contribution in [0.15, 0.2) is 0 Å². The highest BCUT2D eigenvalue weighted by Crippen LogP contribution is 2.24. The molecule has 1 saturated heterocycles. The van der Waals surface area contributed by atoms with Gasteiger partial charge in [-0.2, -0.15) is 0 Å². The minimum Gasteiger partial charge on any atom is -0.466 e. The van der Waals surface area contributed by atoms with E-state index in [0.29, 0.717) is 38.6 Å². The maximum atomic E-state index is 12.5. The predicted octanol–water partition coefficient (Wildman–Crippen LogP) is 13.5. The first kappa shape index (κ1) is 51.4. The van der Waals surface area contributed by atoms with Gasteiger partial charge in [0.25, 0.3) is 0 Å². The van der Waals surface area contributed by atoms with E-state index in [9.17, 15) is 14.4 Å². The fourth-order valence-corrected chi connectivity index (χ4v) is 7.96. The number of esters is 3. The van der Waals surface area contributed by atoms with Crippen molar-refractivity contribution in [3.8, 4) is 0 Å². The Hall–Kier alpha value is -1.63. The van der Waals surface area contributed by atoms with Crippen molar-refractivity contribution in [1.82, 2.24) is 4.90 Å². The summed E-state index contributed by atoms with van der Waals surface area (Å²) in [5.74, 6) is 0.746. The molecule has 0 amide bonds. The molecule has 0 aromatic carbocycles. The van der Waals surface area contributed by atoms with E-state index in [-0.39, 0.29) is 23.8 Å². The number of hydrogen-bond acceptors (Lipinski definition) is 7.